The van der Waals surface area contributed by atoms with E-state index in [9.17, 15) is 18.0 Å². The van der Waals surface area contributed by atoms with Crippen molar-refractivity contribution in [1.82, 2.24) is 5.32 Å². The van der Waals surface area contributed by atoms with Crippen LogP contribution < -0.4 is 10.1 Å². The molecule has 0 heterocycles. The summed E-state index contributed by atoms with van der Waals surface area (Å²) in [6, 6.07) is 10.5. The second-order valence-electron chi connectivity index (χ2n) is 7.24. The van der Waals surface area contributed by atoms with Crippen LogP contribution in [0.3, 0.4) is 0 Å². The average Bonchev–Trinajstić information content (AvgIpc) is 2.66. The largest absolute Gasteiger partial charge is 0.497 e. The van der Waals surface area contributed by atoms with Crippen molar-refractivity contribution < 1.29 is 22.7 Å². The van der Waals surface area contributed by atoms with Gasteiger partial charge < -0.3 is 10.1 Å². The van der Waals surface area contributed by atoms with E-state index in [4.69, 9.17) is 4.74 Å². The van der Waals surface area contributed by atoms with Gasteiger partial charge in [0, 0.05) is 6.04 Å². The number of ether oxygens (including phenoxy) is 1. The molecule has 0 aliphatic heterocycles. The monoisotopic (exact) mass is 379 g/mol. The van der Waals surface area contributed by atoms with Gasteiger partial charge in [0.15, 0.2) is 0 Å². The first-order chi connectivity index (χ1) is 12.8. The van der Waals surface area contributed by atoms with Gasteiger partial charge in [-0.05, 0) is 48.2 Å². The maximum atomic E-state index is 13.2. The molecule has 0 saturated heterocycles. The Morgan fingerprint density at radius 1 is 1.11 bits per heavy atom. The summed E-state index contributed by atoms with van der Waals surface area (Å²) in [4.78, 5) is 12.6. The normalized spacial score (nSPS) is 21.7. The zero-order chi connectivity index (χ0) is 19.6. The highest BCUT2D eigenvalue weighted by Crippen LogP contribution is 2.38. The van der Waals surface area contributed by atoms with Crippen molar-refractivity contribution in [2.45, 2.75) is 50.7 Å². The van der Waals surface area contributed by atoms with E-state index in [0.717, 1.165) is 22.1 Å². The summed E-state index contributed by atoms with van der Waals surface area (Å²) in [6.45, 7) is 1.73. The van der Waals surface area contributed by atoms with Gasteiger partial charge in [0.1, 0.15) is 5.75 Å². The third-order valence-corrected chi connectivity index (χ3v) is 5.48. The molecule has 0 radical (unpaired) electrons. The number of nitrogens with one attached hydrogen (secondary N) is 1. The van der Waals surface area contributed by atoms with Crippen LogP contribution in [-0.2, 0) is 4.79 Å². The van der Waals surface area contributed by atoms with Crippen molar-refractivity contribution >= 4 is 16.7 Å². The molecule has 0 spiro atoms. The molecule has 0 aromatic heterocycles. The quantitative estimate of drug-likeness (QED) is 0.794. The van der Waals surface area contributed by atoms with Crippen LogP contribution in [0, 0.1) is 5.92 Å². The Balaban J connectivity index is 1.75. The number of rotatable bonds is 4. The summed E-state index contributed by atoms with van der Waals surface area (Å²) in [5.41, 5.74) is 0.782. The summed E-state index contributed by atoms with van der Waals surface area (Å²) in [7, 11) is 1.60. The van der Waals surface area contributed by atoms with Gasteiger partial charge in [-0.3, -0.25) is 4.79 Å². The van der Waals surface area contributed by atoms with Gasteiger partial charge in [0.05, 0.1) is 18.9 Å². The van der Waals surface area contributed by atoms with Gasteiger partial charge in [-0.15, -0.1) is 0 Å². The van der Waals surface area contributed by atoms with Crippen LogP contribution in [0.2, 0.25) is 0 Å². The highest BCUT2D eigenvalue weighted by Gasteiger charge is 2.46. The van der Waals surface area contributed by atoms with E-state index in [1.807, 2.05) is 36.4 Å². The number of carbonyl (C=O) groups excluding carboxylic acids is 1. The summed E-state index contributed by atoms with van der Waals surface area (Å²) in [6.07, 6.45) is -2.55. The second kappa shape index (κ2) is 7.79. The second-order valence-corrected chi connectivity index (χ2v) is 7.24. The maximum absolute atomic E-state index is 13.2. The summed E-state index contributed by atoms with van der Waals surface area (Å²) in [5.74, 6) is -1.58. The summed E-state index contributed by atoms with van der Waals surface area (Å²) in [5, 5.41) is 4.60. The predicted molar refractivity (Wildman–Crippen MR) is 98.9 cm³/mol. The molecule has 0 unspecified atom stereocenters. The van der Waals surface area contributed by atoms with Crippen LogP contribution >= 0.6 is 0 Å². The van der Waals surface area contributed by atoms with Crippen LogP contribution in [0.5, 0.6) is 5.75 Å². The smallest absolute Gasteiger partial charge is 0.393 e. The molecule has 3 rings (SSSR count). The molecule has 1 amide bonds. The first-order valence-corrected chi connectivity index (χ1v) is 9.24. The van der Waals surface area contributed by atoms with E-state index in [-0.39, 0.29) is 12.3 Å². The highest BCUT2D eigenvalue weighted by atomic mass is 19.4. The minimum absolute atomic E-state index is 0.0840. The first-order valence-electron chi connectivity index (χ1n) is 9.24. The Morgan fingerprint density at radius 2 is 1.78 bits per heavy atom. The van der Waals surface area contributed by atoms with Gasteiger partial charge in [-0.25, -0.2) is 0 Å². The van der Waals surface area contributed by atoms with Gasteiger partial charge >= 0.3 is 6.18 Å². The molecule has 3 nitrogen and oxygen atoms in total. The molecule has 1 aliphatic rings. The summed E-state index contributed by atoms with van der Waals surface area (Å²) >= 11 is 0. The molecule has 146 valence electrons. The predicted octanol–water partition coefficient (Wildman–Crippen LogP) is 5.19. The number of hydrogen-bond donors (Lipinski definition) is 1. The van der Waals surface area contributed by atoms with Gasteiger partial charge in [0.25, 0.3) is 0 Å². The van der Waals surface area contributed by atoms with Crippen molar-refractivity contribution in [3.8, 4) is 5.75 Å². The van der Waals surface area contributed by atoms with Crippen LogP contribution in [0.1, 0.15) is 44.1 Å². The molecule has 6 heteroatoms. The standard InChI is InChI=1S/C21H24F3NO2/c1-13(14-7-8-16-12-17(27-2)10-9-15(16)11-14)20(26)25-19-6-4-3-5-18(19)21(22,23)24/h7-13,18-19H,3-6H2,1-2H3,(H,25,26)/t13-,18+,19+/m0/s1. The van der Waals surface area contributed by atoms with E-state index in [1.165, 1.54) is 0 Å². The molecular formula is C21H24F3NO2. The molecule has 27 heavy (non-hydrogen) atoms. The Kier molecular flexibility index (Phi) is 5.63. The fraction of sp³-hybridized carbons (Fsp3) is 0.476. The SMILES string of the molecule is COc1ccc2cc([C@H](C)C(=O)N[C@@H]3CCCC[C@H]3C(F)(F)F)ccc2c1. The van der Waals surface area contributed by atoms with Crippen LogP contribution in [0.15, 0.2) is 36.4 Å². The van der Waals surface area contributed by atoms with Gasteiger partial charge in [-0.2, -0.15) is 13.2 Å². The van der Waals surface area contributed by atoms with E-state index in [0.29, 0.717) is 19.3 Å². The number of halogens is 3. The van der Waals surface area contributed by atoms with E-state index >= 15 is 0 Å². The fourth-order valence-electron chi connectivity index (χ4n) is 3.79. The van der Waals surface area contributed by atoms with Crippen molar-refractivity contribution in [2.75, 3.05) is 7.11 Å². The molecule has 1 N–H and O–H groups in total. The Bertz CT molecular complexity index is 819. The van der Waals surface area contributed by atoms with Crippen LogP contribution in [0.4, 0.5) is 13.2 Å². The molecule has 1 saturated carbocycles. The first kappa shape index (κ1) is 19.5. The number of carbonyl (C=O) groups is 1. The number of fused-ring (bicyclic) bond motifs is 1. The van der Waals surface area contributed by atoms with E-state index in [2.05, 4.69) is 5.32 Å². The Hall–Kier alpha value is -2.24. The van der Waals surface area contributed by atoms with E-state index in [1.54, 1.807) is 14.0 Å². The lowest BCUT2D eigenvalue weighted by Crippen LogP contribution is -2.48. The number of benzene rings is 2. The Labute approximate surface area is 156 Å². The third kappa shape index (κ3) is 4.37. The Morgan fingerprint density at radius 3 is 2.48 bits per heavy atom. The lowest BCUT2D eigenvalue weighted by molar-refractivity contribution is -0.189. The molecule has 3 atom stereocenters. The zero-order valence-corrected chi connectivity index (χ0v) is 15.5. The number of methoxy groups -OCH3 is 1. The lowest BCUT2D eigenvalue weighted by Gasteiger charge is -2.34. The lowest BCUT2D eigenvalue weighted by atomic mass is 9.83. The highest BCUT2D eigenvalue weighted by molar-refractivity contribution is 5.88. The minimum Gasteiger partial charge on any atom is -0.497 e. The number of amides is 1. The van der Waals surface area contributed by atoms with Gasteiger partial charge in [-0.1, -0.05) is 37.1 Å². The van der Waals surface area contributed by atoms with E-state index < -0.39 is 24.1 Å². The number of hydrogen-bond acceptors (Lipinski definition) is 2. The minimum atomic E-state index is -4.27. The molecule has 2 aromatic rings. The maximum Gasteiger partial charge on any atom is 0.393 e. The molecule has 1 fully saturated rings. The molecular weight excluding hydrogens is 355 g/mol. The van der Waals surface area contributed by atoms with Crippen molar-refractivity contribution in [1.29, 1.82) is 0 Å². The molecule has 0 bridgehead atoms. The molecule has 2 aromatic carbocycles. The zero-order valence-electron chi connectivity index (χ0n) is 15.5. The van der Waals surface area contributed by atoms with Crippen molar-refractivity contribution in [3.63, 3.8) is 0 Å². The molecule has 1 aliphatic carbocycles. The third-order valence-electron chi connectivity index (χ3n) is 5.48. The van der Waals surface area contributed by atoms with Crippen LogP contribution in [-0.4, -0.2) is 25.2 Å². The van der Waals surface area contributed by atoms with Crippen LogP contribution in [0.25, 0.3) is 10.8 Å². The van der Waals surface area contributed by atoms with Crippen molar-refractivity contribution in [2.24, 2.45) is 5.92 Å². The van der Waals surface area contributed by atoms with Crippen molar-refractivity contribution in [3.05, 3.63) is 42.0 Å². The average molecular weight is 379 g/mol. The number of alkyl halides is 3. The topological polar surface area (TPSA) is 38.3 Å². The van der Waals surface area contributed by atoms with Gasteiger partial charge in [0.2, 0.25) is 5.91 Å². The fourth-order valence-corrected chi connectivity index (χ4v) is 3.79. The summed E-state index contributed by atoms with van der Waals surface area (Å²) < 4.78 is 44.9.